The van der Waals surface area contributed by atoms with Crippen molar-refractivity contribution < 1.29 is 0 Å². The van der Waals surface area contributed by atoms with E-state index in [1.165, 1.54) is 22.1 Å². The normalized spacial score (nSPS) is 10.6. The maximum Gasteiger partial charge on any atom is 0.268 e. The van der Waals surface area contributed by atoms with Crippen molar-refractivity contribution in [3.63, 3.8) is 0 Å². The highest BCUT2D eigenvalue weighted by atomic mass is 79.9. The fourth-order valence-electron chi connectivity index (χ4n) is 1.20. The molecule has 8 heteroatoms. The second-order valence-corrected chi connectivity index (χ2v) is 5.03. The molecule has 0 bridgehead atoms. The highest BCUT2D eigenvalue weighted by Gasteiger charge is 2.08. The third kappa shape index (κ3) is 2.12. The maximum absolute atomic E-state index is 11.8. The Morgan fingerprint density at radius 1 is 1.56 bits per heavy atom. The van der Waals surface area contributed by atoms with E-state index in [1.807, 2.05) is 0 Å². The van der Waals surface area contributed by atoms with E-state index < -0.39 is 0 Å². The van der Waals surface area contributed by atoms with E-state index >= 15 is 0 Å². The third-order valence-corrected chi connectivity index (χ3v) is 3.26. The Morgan fingerprint density at radius 2 is 2.31 bits per heavy atom. The van der Waals surface area contributed by atoms with Crippen molar-refractivity contribution in [2.24, 2.45) is 0 Å². The van der Waals surface area contributed by atoms with Crippen molar-refractivity contribution in [1.29, 1.82) is 0 Å². The quantitative estimate of drug-likeness (QED) is 0.886. The zero-order valence-corrected chi connectivity index (χ0v) is 10.7. The first kappa shape index (κ1) is 11.2. The van der Waals surface area contributed by atoms with Gasteiger partial charge in [0.25, 0.3) is 5.56 Å². The van der Waals surface area contributed by atoms with Crippen LogP contribution < -0.4 is 11.3 Å². The summed E-state index contributed by atoms with van der Waals surface area (Å²) in [5.74, 6) is 0.627. The SMILES string of the molecule is Cc1ncc(Br)c(=O)n1Cc1nnc(N)s1. The van der Waals surface area contributed by atoms with Crippen molar-refractivity contribution in [2.75, 3.05) is 5.73 Å². The summed E-state index contributed by atoms with van der Waals surface area (Å²) in [4.78, 5) is 15.9. The molecule has 2 aromatic rings. The molecule has 2 N–H and O–H groups in total. The first-order chi connectivity index (χ1) is 7.58. The van der Waals surface area contributed by atoms with E-state index in [0.717, 1.165) is 0 Å². The van der Waals surface area contributed by atoms with Gasteiger partial charge in [0.05, 0.1) is 6.54 Å². The predicted molar refractivity (Wildman–Crippen MR) is 64.4 cm³/mol. The van der Waals surface area contributed by atoms with Crippen LogP contribution in [-0.2, 0) is 6.54 Å². The molecule has 0 spiro atoms. The van der Waals surface area contributed by atoms with Crippen LogP contribution in [0, 0.1) is 6.92 Å². The maximum atomic E-state index is 11.8. The summed E-state index contributed by atoms with van der Waals surface area (Å²) in [5, 5.41) is 8.63. The molecular formula is C8H8BrN5OS. The Bertz CT molecular complexity index is 578. The van der Waals surface area contributed by atoms with Crippen LogP contribution in [0.5, 0.6) is 0 Å². The van der Waals surface area contributed by atoms with Crippen molar-refractivity contribution in [3.05, 3.63) is 31.9 Å². The van der Waals surface area contributed by atoms with Crippen LogP contribution in [0.2, 0.25) is 0 Å². The molecule has 6 nitrogen and oxygen atoms in total. The molecule has 0 unspecified atom stereocenters. The van der Waals surface area contributed by atoms with Crippen LogP contribution >= 0.6 is 27.3 Å². The van der Waals surface area contributed by atoms with Crippen molar-refractivity contribution in [1.82, 2.24) is 19.7 Å². The van der Waals surface area contributed by atoms with E-state index in [2.05, 4.69) is 31.1 Å². The molecule has 0 fully saturated rings. The van der Waals surface area contributed by atoms with Crippen LogP contribution in [0.15, 0.2) is 15.5 Å². The van der Waals surface area contributed by atoms with Gasteiger partial charge in [-0.05, 0) is 22.9 Å². The van der Waals surface area contributed by atoms with Crippen LogP contribution in [-0.4, -0.2) is 19.7 Å². The monoisotopic (exact) mass is 301 g/mol. The van der Waals surface area contributed by atoms with E-state index in [1.54, 1.807) is 6.92 Å². The Balaban J connectivity index is 2.42. The minimum atomic E-state index is -0.138. The molecule has 0 aromatic carbocycles. The highest BCUT2D eigenvalue weighted by molar-refractivity contribution is 9.10. The van der Waals surface area contributed by atoms with Crippen LogP contribution in [0.1, 0.15) is 10.8 Å². The Morgan fingerprint density at radius 3 is 2.94 bits per heavy atom. The standard InChI is InChI=1S/C8H8BrN5OS/c1-4-11-2-5(9)7(15)14(4)3-6-12-13-8(10)16-6/h2H,3H2,1H3,(H2,10,13). The van der Waals surface area contributed by atoms with Gasteiger partial charge in [0, 0.05) is 6.20 Å². The summed E-state index contributed by atoms with van der Waals surface area (Å²) in [5.41, 5.74) is 5.33. The lowest BCUT2D eigenvalue weighted by Crippen LogP contribution is -2.24. The lowest BCUT2D eigenvalue weighted by atomic mass is 10.5. The summed E-state index contributed by atoms with van der Waals surface area (Å²) in [6.07, 6.45) is 1.49. The largest absolute Gasteiger partial charge is 0.374 e. The second-order valence-electron chi connectivity index (χ2n) is 3.08. The second kappa shape index (κ2) is 4.30. The number of halogens is 1. The number of aryl methyl sites for hydroxylation is 1. The van der Waals surface area contributed by atoms with Gasteiger partial charge < -0.3 is 5.73 Å². The minimum absolute atomic E-state index is 0.138. The van der Waals surface area contributed by atoms with Gasteiger partial charge in [0.1, 0.15) is 15.3 Å². The Kier molecular flexibility index (Phi) is 3.01. The summed E-state index contributed by atoms with van der Waals surface area (Å²) in [6, 6.07) is 0. The van der Waals surface area contributed by atoms with Crippen molar-refractivity contribution in [3.8, 4) is 0 Å². The molecule has 2 aromatic heterocycles. The van der Waals surface area contributed by atoms with Gasteiger partial charge in [-0.3, -0.25) is 9.36 Å². The van der Waals surface area contributed by atoms with Crippen molar-refractivity contribution in [2.45, 2.75) is 13.5 Å². The number of rotatable bonds is 2. The molecule has 0 aliphatic carbocycles. The van der Waals surface area contributed by atoms with Gasteiger partial charge in [-0.2, -0.15) is 0 Å². The third-order valence-electron chi connectivity index (χ3n) is 1.98. The van der Waals surface area contributed by atoms with Crippen LogP contribution in [0.4, 0.5) is 5.13 Å². The molecule has 84 valence electrons. The molecule has 0 radical (unpaired) electrons. The van der Waals surface area contributed by atoms with Gasteiger partial charge in [-0.25, -0.2) is 4.98 Å². The molecule has 16 heavy (non-hydrogen) atoms. The topological polar surface area (TPSA) is 86.7 Å². The summed E-state index contributed by atoms with van der Waals surface area (Å²) in [6.45, 7) is 2.10. The predicted octanol–water partition coefficient (Wildman–Crippen LogP) is 0.796. The molecule has 0 amide bonds. The smallest absolute Gasteiger partial charge is 0.268 e. The Hall–Kier alpha value is -1.28. The number of nitrogens with two attached hydrogens (primary N) is 1. The van der Waals surface area contributed by atoms with E-state index in [9.17, 15) is 4.79 Å². The van der Waals surface area contributed by atoms with Gasteiger partial charge >= 0.3 is 0 Å². The van der Waals surface area contributed by atoms with Gasteiger partial charge in [-0.1, -0.05) is 11.3 Å². The van der Waals surface area contributed by atoms with Gasteiger partial charge in [0.2, 0.25) is 5.13 Å². The number of hydrogen-bond donors (Lipinski definition) is 1. The fourth-order valence-corrected chi connectivity index (χ4v) is 2.12. The Labute approximate surface area is 103 Å². The van der Waals surface area contributed by atoms with Crippen molar-refractivity contribution >= 4 is 32.4 Å². The summed E-state index contributed by atoms with van der Waals surface area (Å²) >= 11 is 4.40. The molecule has 0 aliphatic rings. The molecule has 0 aliphatic heterocycles. The molecule has 0 saturated carbocycles. The molecule has 0 saturated heterocycles. The average Bonchev–Trinajstić information content (AvgIpc) is 2.65. The summed E-state index contributed by atoms with van der Waals surface area (Å²) in [7, 11) is 0. The first-order valence-corrected chi connectivity index (χ1v) is 5.98. The number of aromatic nitrogens is 4. The van der Waals surface area contributed by atoms with Crippen LogP contribution in [0.25, 0.3) is 0 Å². The number of nitrogen functional groups attached to an aromatic ring is 1. The molecular weight excluding hydrogens is 294 g/mol. The minimum Gasteiger partial charge on any atom is -0.374 e. The highest BCUT2D eigenvalue weighted by Crippen LogP contribution is 2.12. The summed E-state index contributed by atoms with van der Waals surface area (Å²) < 4.78 is 1.94. The number of nitrogens with zero attached hydrogens (tertiary/aromatic N) is 4. The van der Waals surface area contributed by atoms with E-state index in [-0.39, 0.29) is 5.56 Å². The van der Waals surface area contributed by atoms with Gasteiger partial charge in [0.15, 0.2) is 0 Å². The van der Waals surface area contributed by atoms with E-state index in [0.29, 0.717) is 27.0 Å². The molecule has 0 atom stereocenters. The van der Waals surface area contributed by atoms with E-state index in [4.69, 9.17) is 5.73 Å². The van der Waals surface area contributed by atoms with Gasteiger partial charge in [-0.15, -0.1) is 10.2 Å². The lowest BCUT2D eigenvalue weighted by Gasteiger charge is -2.06. The molecule has 2 heterocycles. The molecule has 2 rings (SSSR count). The lowest BCUT2D eigenvalue weighted by molar-refractivity contribution is 0.686. The zero-order chi connectivity index (χ0) is 11.7. The average molecular weight is 302 g/mol. The zero-order valence-electron chi connectivity index (χ0n) is 8.35. The fraction of sp³-hybridized carbons (Fsp3) is 0.250. The number of hydrogen-bond acceptors (Lipinski definition) is 6. The number of anilines is 1. The van der Waals surface area contributed by atoms with Crippen LogP contribution in [0.3, 0.4) is 0 Å². The first-order valence-electron chi connectivity index (χ1n) is 4.37.